The third-order valence-electron chi connectivity index (χ3n) is 7.75. The molecule has 36 heavy (non-hydrogen) atoms. The van der Waals surface area contributed by atoms with Gasteiger partial charge < -0.3 is 24.3 Å². The van der Waals surface area contributed by atoms with Crippen LogP contribution in [0.15, 0.2) is 24.5 Å². The summed E-state index contributed by atoms with van der Waals surface area (Å²) in [6.07, 6.45) is 5.69. The number of hydrogen-bond acceptors (Lipinski definition) is 8. The van der Waals surface area contributed by atoms with Crippen LogP contribution in [0.3, 0.4) is 0 Å². The van der Waals surface area contributed by atoms with Gasteiger partial charge in [0.15, 0.2) is 22.8 Å². The Bertz CT molecular complexity index is 1370. The van der Waals surface area contributed by atoms with Gasteiger partial charge in [0.05, 0.1) is 25.4 Å². The van der Waals surface area contributed by atoms with E-state index in [1.807, 2.05) is 39.2 Å². The number of aryl methyl sites for hydroxylation is 1. The molecule has 4 aromatic heterocycles. The number of aromatic amines is 1. The van der Waals surface area contributed by atoms with E-state index in [2.05, 4.69) is 24.3 Å². The molecular weight excluding hydrogens is 456 g/mol. The lowest BCUT2D eigenvalue weighted by molar-refractivity contribution is -0.0139. The quantitative estimate of drug-likeness (QED) is 0.440. The summed E-state index contributed by atoms with van der Waals surface area (Å²) >= 11 is 0. The molecule has 0 spiro atoms. The average molecular weight is 491 g/mol. The summed E-state index contributed by atoms with van der Waals surface area (Å²) in [5.41, 5.74) is 2.79. The van der Waals surface area contributed by atoms with Gasteiger partial charge >= 0.3 is 0 Å². The van der Waals surface area contributed by atoms with Crippen LogP contribution in [0.25, 0.3) is 33.6 Å². The number of rotatable bonds is 5. The lowest BCUT2D eigenvalue weighted by Gasteiger charge is -2.37. The van der Waals surface area contributed by atoms with Crippen molar-refractivity contribution in [1.29, 1.82) is 0 Å². The number of nitrogens with one attached hydrogen (secondary N) is 1. The fourth-order valence-electron chi connectivity index (χ4n) is 5.49. The summed E-state index contributed by atoms with van der Waals surface area (Å²) in [7, 11) is 2.04. The molecule has 0 aromatic carbocycles. The summed E-state index contributed by atoms with van der Waals surface area (Å²) < 4.78 is 7.71. The van der Waals surface area contributed by atoms with E-state index in [0.29, 0.717) is 25.0 Å². The maximum Gasteiger partial charge on any atom is 0.183 e. The second kappa shape index (κ2) is 9.10. The lowest BCUT2D eigenvalue weighted by atomic mass is 9.83. The Balaban J connectivity index is 1.39. The summed E-state index contributed by atoms with van der Waals surface area (Å²) in [4.78, 5) is 27.7. The second-order valence-corrected chi connectivity index (χ2v) is 10.5. The number of aliphatic hydroxyl groups is 1. The number of H-pyrrole nitrogens is 1. The minimum Gasteiger partial charge on any atom is -0.390 e. The van der Waals surface area contributed by atoms with Gasteiger partial charge in [0.1, 0.15) is 11.5 Å². The fourth-order valence-corrected chi connectivity index (χ4v) is 5.49. The highest BCUT2D eigenvalue weighted by Gasteiger charge is 2.31. The Labute approximate surface area is 210 Å². The van der Waals surface area contributed by atoms with Gasteiger partial charge in [0, 0.05) is 43.4 Å². The molecule has 6 heterocycles. The number of morpholine rings is 1. The van der Waals surface area contributed by atoms with E-state index in [4.69, 9.17) is 19.7 Å². The van der Waals surface area contributed by atoms with Crippen LogP contribution in [-0.2, 0) is 18.3 Å². The number of aromatic nitrogens is 6. The Morgan fingerprint density at radius 3 is 2.61 bits per heavy atom. The monoisotopic (exact) mass is 490 g/mol. The van der Waals surface area contributed by atoms with Crippen molar-refractivity contribution in [2.45, 2.75) is 38.8 Å². The SMILES string of the molecule is Cn1c(CN2CCC(C(C)(C)O)CC2)nc2c(N3CCOCC3)nc(-c3nccc4[nH]ccc34)nc21. The first kappa shape index (κ1) is 23.3. The molecule has 2 fully saturated rings. The maximum absolute atomic E-state index is 10.4. The highest BCUT2D eigenvalue weighted by atomic mass is 16.5. The van der Waals surface area contributed by atoms with Crippen LogP contribution in [0.4, 0.5) is 5.82 Å². The predicted octanol–water partition coefficient (Wildman–Crippen LogP) is 2.73. The standard InChI is InChI=1S/C26H34N8O2/c1-26(2,35)17-6-10-33(11-7-17)16-20-29-22-24(32(20)3)30-23(31-25(22)34-12-14-36-15-13-34)21-18-4-8-27-19(18)5-9-28-21/h4-5,8-9,17,27,35H,6-7,10-16H2,1-3H3. The zero-order valence-corrected chi connectivity index (χ0v) is 21.2. The molecule has 10 nitrogen and oxygen atoms in total. The Morgan fingerprint density at radius 2 is 1.86 bits per heavy atom. The molecule has 2 N–H and O–H groups in total. The first-order valence-corrected chi connectivity index (χ1v) is 12.8. The minimum absolute atomic E-state index is 0.333. The maximum atomic E-state index is 10.4. The number of likely N-dealkylation sites (tertiary alicyclic amines) is 1. The van der Waals surface area contributed by atoms with Crippen molar-refractivity contribution in [2.24, 2.45) is 13.0 Å². The third-order valence-corrected chi connectivity index (χ3v) is 7.75. The molecule has 6 rings (SSSR count). The van der Waals surface area contributed by atoms with Gasteiger partial charge in [-0.05, 0) is 57.8 Å². The third kappa shape index (κ3) is 4.23. The highest BCUT2D eigenvalue weighted by Crippen LogP contribution is 2.32. The summed E-state index contributed by atoms with van der Waals surface area (Å²) in [6, 6.07) is 3.98. The minimum atomic E-state index is -0.626. The Kier molecular flexibility index (Phi) is 5.89. The van der Waals surface area contributed by atoms with Gasteiger partial charge in [-0.25, -0.2) is 15.0 Å². The van der Waals surface area contributed by atoms with Gasteiger partial charge in [0.25, 0.3) is 0 Å². The van der Waals surface area contributed by atoms with Crippen molar-refractivity contribution in [2.75, 3.05) is 44.3 Å². The van der Waals surface area contributed by atoms with Crippen LogP contribution in [0.2, 0.25) is 0 Å². The number of hydrogen-bond donors (Lipinski definition) is 2. The van der Waals surface area contributed by atoms with Crippen molar-refractivity contribution in [3.8, 4) is 11.5 Å². The van der Waals surface area contributed by atoms with Crippen molar-refractivity contribution < 1.29 is 9.84 Å². The number of imidazole rings is 1. The zero-order chi connectivity index (χ0) is 24.9. The predicted molar refractivity (Wildman–Crippen MR) is 139 cm³/mol. The summed E-state index contributed by atoms with van der Waals surface area (Å²) in [6.45, 7) is 9.36. The van der Waals surface area contributed by atoms with E-state index >= 15 is 0 Å². The van der Waals surface area contributed by atoms with Crippen molar-refractivity contribution in [1.82, 2.24) is 34.4 Å². The molecule has 0 bridgehead atoms. The molecule has 2 aliphatic rings. The van der Waals surface area contributed by atoms with Gasteiger partial charge in [-0.3, -0.25) is 9.88 Å². The first-order chi connectivity index (χ1) is 17.4. The molecule has 0 amide bonds. The number of ether oxygens (including phenoxy) is 1. The fraction of sp³-hybridized carbons (Fsp3) is 0.538. The Morgan fingerprint density at radius 1 is 1.08 bits per heavy atom. The number of fused-ring (bicyclic) bond motifs is 2. The van der Waals surface area contributed by atoms with Crippen LogP contribution in [0.5, 0.6) is 0 Å². The average Bonchev–Trinajstić information content (AvgIpc) is 3.49. The normalized spacial score (nSPS) is 18.5. The molecule has 0 aliphatic carbocycles. The molecule has 0 saturated carbocycles. The summed E-state index contributed by atoms with van der Waals surface area (Å²) in [5.74, 6) is 2.75. The van der Waals surface area contributed by atoms with E-state index in [1.54, 1.807) is 6.20 Å². The number of anilines is 1. The zero-order valence-electron chi connectivity index (χ0n) is 21.2. The Hall–Kier alpha value is -3.08. The van der Waals surface area contributed by atoms with E-state index in [9.17, 15) is 5.11 Å². The number of pyridine rings is 1. The largest absolute Gasteiger partial charge is 0.390 e. The van der Waals surface area contributed by atoms with Crippen molar-refractivity contribution in [3.63, 3.8) is 0 Å². The molecule has 4 aromatic rings. The van der Waals surface area contributed by atoms with E-state index < -0.39 is 5.60 Å². The van der Waals surface area contributed by atoms with Crippen LogP contribution >= 0.6 is 0 Å². The lowest BCUT2D eigenvalue weighted by Crippen LogP contribution is -2.41. The molecule has 0 unspecified atom stereocenters. The van der Waals surface area contributed by atoms with E-state index in [-0.39, 0.29) is 0 Å². The molecule has 2 aliphatic heterocycles. The molecule has 2 saturated heterocycles. The molecule has 0 atom stereocenters. The van der Waals surface area contributed by atoms with Crippen molar-refractivity contribution >= 4 is 27.9 Å². The molecule has 10 heteroatoms. The second-order valence-electron chi connectivity index (χ2n) is 10.5. The highest BCUT2D eigenvalue weighted by molar-refractivity contribution is 5.93. The van der Waals surface area contributed by atoms with Crippen LogP contribution in [0.1, 0.15) is 32.5 Å². The van der Waals surface area contributed by atoms with Gasteiger partial charge in [0.2, 0.25) is 0 Å². The molecule has 0 radical (unpaired) electrons. The smallest absolute Gasteiger partial charge is 0.183 e. The molecule has 190 valence electrons. The summed E-state index contributed by atoms with van der Waals surface area (Å²) in [5, 5.41) is 11.4. The number of piperidine rings is 1. The van der Waals surface area contributed by atoms with Gasteiger partial charge in [-0.1, -0.05) is 0 Å². The van der Waals surface area contributed by atoms with Gasteiger partial charge in [-0.15, -0.1) is 0 Å². The van der Waals surface area contributed by atoms with Gasteiger partial charge in [-0.2, -0.15) is 0 Å². The van der Waals surface area contributed by atoms with Crippen LogP contribution in [0, 0.1) is 5.92 Å². The van der Waals surface area contributed by atoms with Crippen molar-refractivity contribution in [3.05, 3.63) is 30.4 Å². The van der Waals surface area contributed by atoms with E-state index in [0.717, 1.165) is 85.0 Å². The van der Waals surface area contributed by atoms with Crippen LogP contribution < -0.4 is 4.90 Å². The number of nitrogens with zero attached hydrogens (tertiary/aromatic N) is 7. The molecular formula is C26H34N8O2. The van der Waals surface area contributed by atoms with E-state index in [1.165, 1.54) is 0 Å². The first-order valence-electron chi connectivity index (χ1n) is 12.8. The topological polar surface area (TPSA) is 108 Å². The van der Waals surface area contributed by atoms with Crippen LogP contribution in [-0.4, -0.2) is 84.5 Å².